The van der Waals surface area contributed by atoms with Gasteiger partial charge in [0.15, 0.2) is 0 Å². The maximum absolute atomic E-state index is 8.61. The van der Waals surface area contributed by atoms with E-state index in [-0.39, 0.29) is 31.0 Å². The molecule has 6 heteroatoms. The SMILES string of the molecule is COP(O)(=S)OC.[H-].[Na+]. The van der Waals surface area contributed by atoms with E-state index in [9.17, 15) is 0 Å². The van der Waals surface area contributed by atoms with Crippen LogP contribution in [0.1, 0.15) is 1.43 Å². The van der Waals surface area contributed by atoms with Gasteiger partial charge in [0.2, 0.25) is 0 Å². The number of rotatable bonds is 2. The van der Waals surface area contributed by atoms with Gasteiger partial charge in [-0.15, -0.1) is 0 Å². The van der Waals surface area contributed by atoms with Crippen LogP contribution in [0.5, 0.6) is 0 Å². The zero-order valence-corrected chi connectivity index (χ0v) is 8.83. The smallest absolute Gasteiger partial charge is 1.00 e. The Morgan fingerprint density at radius 3 is 1.75 bits per heavy atom. The summed E-state index contributed by atoms with van der Waals surface area (Å²) in [6.07, 6.45) is 0. The monoisotopic (exact) mass is 166 g/mol. The van der Waals surface area contributed by atoms with Crippen molar-refractivity contribution in [2.75, 3.05) is 14.2 Å². The van der Waals surface area contributed by atoms with E-state index in [4.69, 9.17) is 4.89 Å². The zero-order valence-electron chi connectivity index (χ0n) is 6.12. The van der Waals surface area contributed by atoms with E-state index < -0.39 is 6.72 Å². The Kier molecular flexibility index (Phi) is 8.14. The molecule has 0 aromatic heterocycles. The van der Waals surface area contributed by atoms with E-state index in [1.54, 1.807) is 0 Å². The molecule has 3 nitrogen and oxygen atoms in total. The molecule has 0 rings (SSSR count). The van der Waals surface area contributed by atoms with Crippen molar-refractivity contribution in [2.24, 2.45) is 0 Å². The molecule has 0 aromatic carbocycles. The van der Waals surface area contributed by atoms with Crippen LogP contribution in [0.4, 0.5) is 0 Å². The Balaban J connectivity index is -0.000000180. The summed E-state index contributed by atoms with van der Waals surface area (Å²) in [6, 6.07) is 0. The minimum Gasteiger partial charge on any atom is -1.00 e. The first-order valence-corrected chi connectivity index (χ1v) is 4.16. The van der Waals surface area contributed by atoms with Crippen LogP contribution in [0.2, 0.25) is 0 Å². The average Bonchev–Trinajstić information content (AvgIpc) is 1.68. The summed E-state index contributed by atoms with van der Waals surface area (Å²) in [5, 5.41) is 0. The topological polar surface area (TPSA) is 38.7 Å². The van der Waals surface area contributed by atoms with Gasteiger partial charge in [-0.1, -0.05) is 0 Å². The maximum Gasteiger partial charge on any atom is 1.00 e. The van der Waals surface area contributed by atoms with Crippen molar-refractivity contribution >= 4 is 18.5 Å². The molecule has 46 valence electrons. The van der Waals surface area contributed by atoms with E-state index in [2.05, 4.69) is 20.9 Å². The second-order valence-corrected chi connectivity index (χ2v) is 3.89. The van der Waals surface area contributed by atoms with Crippen molar-refractivity contribution in [1.29, 1.82) is 0 Å². The van der Waals surface area contributed by atoms with Crippen LogP contribution < -0.4 is 29.6 Å². The molecule has 0 aliphatic rings. The molecule has 0 amide bonds. The number of hydrogen-bond donors (Lipinski definition) is 1. The van der Waals surface area contributed by atoms with Gasteiger partial charge in [-0.05, 0) is 11.8 Å². The third-order valence-corrected chi connectivity index (χ3v) is 2.28. The minimum atomic E-state index is -2.82. The molecule has 0 atom stereocenters. The molecular formula is C2H8NaO3PS. The second kappa shape index (κ2) is 5.33. The van der Waals surface area contributed by atoms with E-state index in [0.29, 0.717) is 0 Å². The Morgan fingerprint density at radius 1 is 1.50 bits per heavy atom. The minimum absolute atomic E-state index is 0. The van der Waals surface area contributed by atoms with Crippen LogP contribution >= 0.6 is 6.72 Å². The third-order valence-electron chi connectivity index (χ3n) is 0.461. The van der Waals surface area contributed by atoms with Gasteiger partial charge in [0, 0.05) is 14.2 Å². The predicted molar refractivity (Wildman–Crippen MR) is 31.6 cm³/mol. The Morgan fingerprint density at radius 2 is 1.75 bits per heavy atom. The summed E-state index contributed by atoms with van der Waals surface area (Å²) in [5.74, 6) is 0. The van der Waals surface area contributed by atoms with E-state index in [0.717, 1.165) is 0 Å². The standard InChI is InChI=1S/C2H7O3PS.Na.H/c1-4-6(3,7)5-2;;/h1-2H3,(H,3,7);;/q;+1;-1. The summed E-state index contributed by atoms with van der Waals surface area (Å²) in [5.41, 5.74) is 0. The van der Waals surface area contributed by atoms with Gasteiger partial charge in [0.05, 0.1) is 0 Å². The van der Waals surface area contributed by atoms with Gasteiger partial charge in [0.1, 0.15) is 0 Å². The molecule has 0 saturated heterocycles. The summed E-state index contributed by atoms with van der Waals surface area (Å²) in [6.45, 7) is -2.82. The van der Waals surface area contributed by atoms with Crippen LogP contribution in [0.25, 0.3) is 0 Å². The zero-order chi connectivity index (χ0) is 5.91. The quantitative estimate of drug-likeness (QED) is 0.367. The van der Waals surface area contributed by atoms with Crippen molar-refractivity contribution in [3.63, 3.8) is 0 Å². The third kappa shape index (κ3) is 5.66. The van der Waals surface area contributed by atoms with Crippen LogP contribution in [-0.2, 0) is 20.9 Å². The van der Waals surface area contributed by atoms with E-state index in [1.165, 1.54) is 14.2 Å². The first kappa shape index (κ1) is 12.2. The fraction of sp³-hybridized carbons (Fsp3) is 1.00. The molecule has 0 spiro atoms. The molecule has 0 fully saturated rings. The molecular weight excluding hydrogens is 158 g/mol. The maximum atomic E-state index is 8.61. The summed E-state index contributed by atoms with van der Waals surface area (Å²) >= 11 is 4.37. The van der Waals surface area contributed by atoms with Gasteiger partial charge in [-0.2, -0.15) is 0 Å². The van der Waals surface area contributed by atoms with Crippen LogP contribution in [0.15, 0.2) is 0 Å². The largest absolute Gasteiger partial charge is 1.00 e. The Labute approximate surface area is 77.4 Å². The van der Waals surface area contributed by atoms with Crippen LogP contribution in [0.3, 0.4) is 0 Å². The van der Waals surface area contributed by atoms with Gasteiger partial charge in [0.25, 0.3) is 0 Å². The second-order valence-electron chi connectivity index (χ2n) is 0.834. The molecule has 0 aromatic rings. The summed E-state index contributed by atoms with van der Waals surface area (Å²) in [7, 11) is 2.62. The van der Waals surface area contributed by atoms with Crippen molar-refractivity contribution in [1.82, 2.24) is 0 Å². The van der Waals surface area contributed by atoms with Crippen LogP contribution in [0, 0.1) is 0 Å². The molecule has 0 radical (unpaired) electrons. The van der Waals surface area contributed by atoms with Crippen LogP contribution in [-0.4, -0.2) is 19.1 Å². The molecule has 0 unspecified atom stereocenters. The van der Waals surface area contributed by atoms with Crippen molar-refractivity contribution < 1.29 is 44.9 Å². The molecule has 0 aliphatic heterocycles. The molecule has 8 heavy (non-hydrogen) atoms. The van der Waals surface area contributed by atoms with Crippen molar-refractivity contribution in [3.8, 4) is 0 Å². The molecule has 0 aliphatic carbocycles. The molecule has 0 heterocycles. The molecule has 0 bridgehead atoms. The van der Waals surface area contributed by atoms with E-state index in [1.807, 2.05) is 0 Å². The Bertz CT molecular complexity index is 93.8. The van der Waals surface area contributed by atoms with Crippen molar-refractivity contribution in [2.45, 2.75) is 0 Å². The first-order valence-electron chi connectivity index (χ1n) is 1.56. The van der Waals surface area contributed by atoms with Gasteiger partial charge in [-0.25, -0.2) is 0 Å². The van der Waals surface area contributed by atoms with Crippen molar-refractivity contribution in [3.05, 3.63) is 0 Å². The first-order chi connectivity index (χ1) is 3.12. The molecule has 1 N–H and O–H groups in total. The van der Waals surface area contributed by atoms with Gasteiger partial charge < -0.3 is 15.4 Å². The summed E-state index contributed by atoms with van der Waals surface area (Å²) < 4.78 is 8.69. The fourth-order valence-electron chi connectivity index (χ4n) is 0.0745. The normalized spacial score (nSPS) is 10.4. The van der Waals surface area contributed by atoms with Gasteiger partial charge >= 0.3 is 36.3 Å². The van der Waals surface area contributed by atoms with E-state index >= 15 is 0 Å². The van der Waals surface area contributed by atoms with Gasteiger partial charge in [-0.3, -0.25) is 0 Å². The fourth-order valence-corrected chi connectivity index (χ4v) is 0.224. The average molecular weight is 166 g/mol. The summed E-state index contributed by atoms with van der Waals surface area (Å²) in [4.78, 5) is 8.61. The predicted octanol–water partition coefficient (Wildman–Crippen LogP) is -2.39. The Hall–Kier alpha value is 1.53. The number of hydrogen-bond acceptors (Lipinski definition) is 3. The molecule has 0 saturated carbocycles.